The normalized spacial score (nSPS) is 10.1. The van der Waals surface area contributed by atoms with E-state index in [9.17, 15) is 4.79 Å². The van der Waals surface area contributed by atoms with Crippen LogP contribution in [0.25, 0.3) is 0 Å². The number of nitriles is 1. The Morgan fingerprint density at radius 2 is 1.83 bits per heavy atom. The number of hydrogen-bond acceptors (Lipinski definition) is 3. The predicted molar refractivity (Wildman–Crippen MR) is 96.2 cm³/mol. The fraction of sp³-hybridized carbons (Fsp3) is 0.176. The van der Waals surface area contributed by atoms with E-state index >= 15 is 0 Å². The molecule has 1 N–H and O–H groups in total. The second kappa shape index (κ2) is 8.83. The van der Waals surface area contributed by atoms with Crippen molar-refractivity contribution in [1.82, 2.24) is 0 Å². The Morgan fingerprint density at radius 3 is 2.52 bits per heavy atom. The van der Waals surface area contributed by atoms with Crippen molar-refractivity contribution in [2.75, 3.05) is 11.1 Å². The Balaban J connectivity index is 2.07. The SMILES string of the molecule is N#CCCSc1ccccc1NC(=O)Cc1c(Cl)cccc1Cl. The first-order chi connectivity index (χ1) is 11.1. The van der Waals surface area contributed by atoms with E-state index in [4.69, 9.17) is 28.5 Å². The van der Waals surface area contributed by atoms with E-state index in [-0.39, 0.29) is 12.3 Å². The molecule has 1 amide bonds. The van der Waals surface area contributed by atoms with E-state index in [1.165, 1.54) is 11.8 Å². The second-order valence-corrected chi connectivity index (χ2v) is 6.63. The topological polar surface area (TPSA) is 52.9 Å². The molecular formula is C17H14Cl2N2OS. The molecule has 23 heavy (non-hydrogen) atoms. The summed E-state index contributed by atoms with van der Waals surface area (Å²) in [6.45, 7) is 0. The molecule has 3 nitrogen and oxygen atoms in total. The summed E-state index contributed by atoms with van der Waals surface area (Å²) in [5, 5.41) is 12.4. The van der Waals surface area contributed by atoms with E-state index in [1.54, 1.807) is 18.2 Å². The van der Waals surface area contributed by atoms with Crippen LogP contribution < -0.4 is 5.32 Å². The van der Waals surface area contributed by atoms with E-state index in [0.29, 0.717) is 27.8 Å². The molecule has 0 saturated heterocycles. The highest BCUT2D eigenvalue weighted by molar-refractivity contribution is 7.99. The zero-order chi connectivity index (χ0) is 16.7. The van der Waals surface area contributed by atoms with Crippen LogP contribution in [0.3, 0.4) is 0 Å². The van der Waals surface area contributed by atoms with Gasteiger partial charge >= 0.3 is 0 Å². The zero-order valence-electron chi connectivity index (χ0n) is 12.2. The number of anilines is 1. The molecule has 0 aliphatic carbocycles. The maximum absolute atomic E-state index is 12.3. The predicted octanol–water partition coefficient (Wildman–Crippen LogP) is 5.18. The van der Waals surface area contributed by atoms with Gasteiger partial charge in [-0.1, -0.05) is 41.4 Å². The van der Waals surface area contributed by atoms with E-state index in [0.717, 1.165) is 10.6 Å². The van der Waals surface area contributed by atoms with Crippen molar-refractivity contribution >= 4 is 46.6 Å². The first kappa shape index (κ1) is 17.7. The summed E-state index contributed by atoms with van der Waals surface area (Å²) in [6, 6.07) is 14.8. The van der Waals surface area contributed by atoms with Gasteiger partial charge in [-0.2, -0.15) is 5.26 Å². The molecule has 2 aromatic rings. The van der Waals surface area contributed by atoms with Crippen LogP contribution in [0, 0.1) is 11.3 Å². The van der Waals surface area contributed by atoms with Crippen molar-refractivity contribution in [1.29, 1.82) is 5.26 Å². The molecule has 0 spiro atoms. The number of rotatable bonds is 6. The Labute approximate surface area is 149 Å². The van der Waals surface area contributed by atoms with E-state index < -0.39 is 0 Å². The molecule has 0 fully saturated rings. The highest BCUT2D eigenvalue weighted by Gasteiger charge is 2.12. The van der Waals surface area contributed by atoms with Gasteiger partial charge < -0.3 is 5.32 Å². The van der Waals surface area contributed by atoms with E-state index in [2.05, 4.69) is 11.4 Å². The van der Waals surface area contributed by atoms with Crippen LogP contribution in [-0.2, 0) is 11.2 Å². The molecule has 0 atom stereocenters. The third kappa shape index (κ3) is 5.18. The molecule has 0 aliphatic rings. The van der Waals surface area contributed by atoms with Crippen molar-refractivity contribution in [2.45, 2.75) is 17.7 Å². The van der Waals surface area contributed by atoms with Crippen LogP contribution in [0.4, 0.5) is 5.69 Å². The molecule has 0 radical (unpaired) electrons. The highest BCUT2D eigenvalue weighted by Crippen LogP contribution is 2.29. The summed E-state index contributed by atoms with van der Waals surface area (Å²) in [5.41, 5.74) is 1.34. The van der Waals surface area contributed by atoms with Gasteiger partial charge in [0.15, 0.2) is 0 Å². The number of nitrogens with zero attached hydrogens (tertiary/aromatic N) is 1. The summed E-state index contributed by atoms with van der Waals surface area (Å²) in [5.74, 6) is 0.494. The fourth-order valence-corrected chi connectivity index (χ4v) is 3.35. The van der Waals surface area contributed by atoms with Crippen LogP contribution in [-0.4, -0.2) is 11.7 Å². The Bertz CT molecular complexity index is 723. The van der Waals surface area contributed by atoms with Crippen LogP contribution >= 0.6 is 35.0 Å². The van der Waals surface area contributed by atoms with Gasteiger partial charge in [0.25, 0.3) is 0 Å². The molecule has 6 heteroatoms. The minimum Gasteiger partial charge on any atom is -0.325 e. The van der Waals surface area contributed by atoms with Crippen molar-refractivity contribution in [3.05, 3.63) is 58.1 Å². The van der Waals surface area contributed by atoms with Gasteiger partial charge in [0, 0.05) is 27.1 Å². The number of amides is 1. The summed E-state index contributed by atoms with van der Waals surface area (Å²) in [6.07, 6.45) is 0.567. The van der Waals surface area contributed by atoms with Gasteiger partial charge in [-0.05, 0) is 29.8 Å². The zero-order valence-corrected chi connectivity index (χ0v) is 14.5. The first-order valence-electron chi connectivity index (χ1n) is 6.93. The number of hydrogen-bond donors (Lipinski definition) is 1. The molecular weight excluding hydrogens is 351 g/mol. The quantitative estimate of drug-likeness (QED) is 0.567. The molecule has 0 heterocycles. The first-order valence-corrected chi connectivity index (χ1v) is 8.67. The van der Waals surface area contributed by atoms with Crippen LogP contribution in [0.5, 0.6) is 0 Å². The third-order valence-corrected chi connectivity index (χ3v) is 4.82. The Morgan fingerprint density at radius 1 is 1.13 bits per heavy atom. The minimum absolute atomic E-state index is 0.107. The van der Waals surface area contributed by atoms with Crippen molar-refractivity contribution < 1.29 is 4.79 Å². The van der Waals surface area contributed by atoms with Crippen LogP contribution in [0.1, 0.15) is 12.0 Å². The number of para-hydroxylation sites is 1. The molecule has 0 saturated carbocycles. The molecule has 0 bridgehead atoms. The molecule has 0 aromatic heterocycles. The monoisotopic (exact) mass is 364 g/mol. The Kier molecular flexibility index (Phi) is 6.79. The maximum Gasteiger partial charge on any atom is 0.228 e. The lowest BCUT2D eigenvalue weighted by Crippen LogP contribution is -2.15. The fourth-order valence-electron chi connectivity index (χ4n) is 1.96. The lowest BCUT2D eigenvalue weighted by atomic mass is 10.1. The molecule has 2 rings (SSSR count). The average Bonchev–Trinajstić information content (AvgIpc) is 2.53. The Hall–Kier alpha value is -1.67. The maximum atomic E-state index is 12.3. The van der Waals surface area contributed by atoms with Gasteiger partial charge in [0.1, 0.15) is 0 Å². The van der Waals surface area contributed by atoms with Gasteiger partial charge in [0.2, 0.25) is 5.91 Å². The van der Waals surface area contributed by atoms with Crippen molar-refractivity contribution in [3.8, 4) is 6.07 Å². The number of halogens is 2. The number of nitrogens with one attached hydrogen (secondary N) is 1. The lowest BCUT2D eigenvalue weighted by molar-refractivity contribution is -0.115. The number of thioether (sulfide) groups is 1. The third-order valence-electron chi connectivity index (χ3n) is 3.03. The highest BCUT2D eigenvalue weighted by atomic mass is 35.5. The largest absolute Gasteiger partial charge is 0.325 e. The summed E-state index contributed by atoms with van der Waals surface area (Å²) in [7, 11) is 0. The summed E-state index contributed by atoms with van der Waals surface area (Å²) >= 11 is 13.7. The smallest absolute Gasteiger partial charge is 0.228 e. The van der Waals surface area contributed by atoms with E-state index in [1.807, 2.05) is 24.3 Å². The van der Waals surface area contributed by atoms with Crippen molar-refractivity contribution in [3.63, 3.8) is 0 Å². The number of carbonyl (C=O) groups is 1. The van der Waals surface area contributed by atoms with Gasteiger partial charge in [-0.3, -0.25) is 4.79 Å². The van der Waals surface area contributed by atoms with Crippen LogP contribution in [0.15, 0.2) is 47.4 Å². The average molecular weight is 365 g/mol. The second-order valence-electron chi connectivity index (χ2n) is 4.68. The molecule has 0 aliphatic heterocycles. The molecule has 0 unspecified atom stereocenters. The lowest BCUT2D eigenvalue weighted by Gasteiger charge is -2.11. The summed E-state index contributed by atoms with van der Waals surface area (Å²) in [4.78, 5) is 13.2. The van der Waals surface area contributed by atoms with Gasteiger partial charge in [0.05, 0.1) is 18.2 Å². The standard InChI is InChI=1S/C17H14Cl2N2OS/c18-13-5-3-6-14(19)12(13)11-17(22)21-15-7-1-2-8-16(15)23-10-4-9-20/h1-3,5-8H,4,10-11H2,(H,21,22). The minimum atomic E-state index is -0.187. The van der Waals surface area contributed by atoms with Gasteiger partial charge in [-0.15, -0.1) is 11.8 Å². The van der Waals surface area contributed by atoms with Gasteiger partial charge in [-0.25, -0.2) is 0 Å². The summed E-state index contributed by atoms with van der Waals surface area (Å²) < 4.78 is 0. The molecule has 118 valence electrons. The van der Waals surface area contributed by atoms with Crippen LogP contribution in [0.2, 0.25) is 10.0 Å². The number of benzene rings is 2. The number of carbonyl (C=O) groups excluding carboxylic acids is 1. The molecule has 2 aromatic carbocycles. The van der Waals surface area contributed by atoms with Crippen molar-refractivity contribution in [2.24, 2.45) is 0 Å².